The Morgan fingerprint density at radius 3 is 2.21 bits per heavy atom. The van der Waals surface area contributed by atoms with Gasteiger partial charge < -0.3 is 23.7 Å². The number of hydrogen-bond acceptors (Lipinski definition) is 6. The number of Topliss-reactive ketones (excluding diaryl/α,β-unsaturated/α-hetero) is 1. The van der Waals surface area contributed by atoms with Crippen molar-refractivity contribution in [2.24, 2.45) is 0 Å². The molecule has 2 aromatic carbocycles. The van der Waals surface area contributed by atoms with Gasteiger partial charge in [-0.3, -0.25) is 4.79 Å². The molecule has 0 spiro atoms. The molecule has 2 saturated heterocycles. The van der Waals surface area contributed by atoms with E-state index in [1.165, 1.54) is 0 Å². The first-order valence-electron chi connectivity index (χ1n) is 9.83. The molecule has 2 fully saturated rings. The van der Waals surface area contributed by atoms with E-state index in [0.717, 1.165) is 11.1 Å². The highest BCUT2D eigenvalue weighted by atomic mass is 16.8. The van der Waals surface area contributed by atoms with Crippen LogP contribution in [0.1, 0.15) is 25.0 Å². The van der Waals surface area contributed by atoms with Gasteiger partial charge >= 0.3 is 0 Å². The van der Waals surface area contributed by atoms with E-state index in [9.17, 15) is 4.79 Å². The monoisotopic (exact) mass is 398 g/mol. The Kier molecular flexibility index (Phi) is 6.08. The highest BCUT2D eigenvalue weighted by Crippen LogP contribution is 2.39. The average Bonchev–Trinajstić information content (AvgIpc) is 3.19. The van der Waals surface area contributed by atoms with E-state index in [1.54, 1.807) is 0 Å². The van der Waals surface area contributed by atoms with E-state index in [2.05, 4.69) is 0 Å². The van der Waals surface area contributed by atoms with Gasteiger partial charge in [-0.15, -0.1) is 0 Å². The maximum absolute atomic E-state index is 12.8. The third-order valence-corrected chi connectivity index (χ3v) is 4.95. The average molecular weight is 398 g/mol. The Morgan fingerprint density at radius 2 is 1.55 bits per heavy atom. The summed E-state index contributed by atoms with van der Waals surface area (Å²) < 4.78 is 29.3. The quantitative estimate of drug-likeness (QED) is 0.680. The molecule has 0 N–H and O–H groups in total. The summed E-state index contributed by atoms with van der Waals surface area (Å²) in [6.07, 6.45) is -2.44. The van der Waals surface area contributed by atoms with Gasteiger partial charge in [-0.2, -0.15) is 0 Å². The molecule has 0 saturated carbocycles. The van der Waals surface area contributed by atoms with Crippen LogP contribution in [0, 0.1) is 0 Å². The number of fused-ring (bicyclic) bond motifs is 1. The van der Waals surface area contributed by atoms with E-state index in [0.29, 0.717) is 13.2 Å². The first-order chi connectivity index (χ1) is 14.0. The number of carbonyl (C=O) groups is 1. The molecular weight excluding hydrogens is 372 g/mol. The lowest BCUT2D eigenvalue weighted by atomic mass is 10.1. The van der Waals surface area contributed by atoms with Gasteiger partial charge in [-0.25, -0.2) is 0 Å². The molecule has 2 aromatic rings. The molecule has 4 rings (SSSR count). The van der Waals surface area contributed by atoms with Gasteiger partial charge in [0.2, 0.25) is 0 Å². The first-order valence-corrected chi connectivity index (χ1v) is 9.83. The van der Waals surface area contributed by atoms with E-state index in [4.69, 9.17) is 23.7 Å². The minimum Gasteiger partial charge on any atom is -0.369 e. The smallest absolute Gasteiger partial charge is 0.190 e. The summed E-state index contributed by atoms with van der Waals surface area (Å²) in [6.45, 7) is 4.30. The maximum atomic E-state index is 12.8. The summed E-state index contributed by atoms with van der Waals surface area (Å²) in [7, 11) is 0. The van der Waals surface area contributed by atoms with Gasteiger partial charge in [-0.05, 0) is 25.0 Å². The van der Waals surface area contributed by atoms with E-state index < -0.39 is 30.4 Å². The van der Waals surface area contributed by atoms with Crippen molar-refractivity contribution >= 4 is 5.78 Å². The summed E-state index contributed by atoms with van der Waals surface area (Å²) in [6, 6.07) is 19.5. The molecule has 29 heavy (non-hydrogen) atoms. The van der Waals surface area contributed by atoms with Gasteiger partial charge in [0.15, 0.2) is 24.0 Å². The fourth-order valence-electron chi connectivity index (χ4n) is 3.61. The zero-order valence-corrected chi connectivity index (χ0v) is 16.7. The largest absolute Gasteiger partial charge is 0.369 e. The molecule has 6 heteroatoms. The summed E-state index contributed by atoms with van der Waals surface area (Å²) in [5.41, 5.74) is 2.02. The highest BCUT2D eigenvalue weighted by Gasteiger charge is 2.57. The molecule has 0 amide bonds. The number of ketones is 1. The van der Waals surface area contributed by atoms with Crippen LogP contribution in [0.2, 0.25) is 0 Å². The molecule has 0 unspecified atom stereocenters. The second-order valence-electron chi connectivity index (χ2n) is 7.73. The van der Waals surface area contributed by atoms with Crippen molar-refractivity contribution in [3.63, 3.8) is 0 Å². The lowest BCUT2D eigenvalue weighted by Gasteiger charge is -2.25. The lowest BCUT2D eigenvalue weighted by Crippen LogP contribution is -2.42. The topological polar surface area (TPSA) is 63.2 Å². The van der Waals surface area contributed by atoms with Crippen molar-refractivity contribution < 1.29 is 28.5 Å². The molecule has 2 aliphatic rings. The van der Waals surface area contributed by atoms with E-state index in [-0.39, 0.29) is 12.4 Å². The molecular formula is C23H26O6. The Morgan fingerprint density at radius 1 is 0.931 bits per heavy atom. The minimum absolute atomic E-state index is 0.0619. The van der Waals surface area contributed by atoms with Gasteiger partial charge in [0.1, 0.15) is 18.8 Å². The predicted octanol–water partition coefficient (Wildman–Crippen LogP) is 3.23. The molecule has 2 heterocycles. The van der Waals surface area contributed by atoms with E-state index >= 15 is 0 Å². The van der Waals surface area contributed by atoms with Crippen LogP contribution >= 0.6 is 0 Å². The van der Waals surface area contributed by atoms with Crippen LogP contribution in [-0.4, -0.2) is 42.8 Å². The van der Waals surface area contributed by atoms with Crippen LogP contribution in [-0.2, 0) is 41.7 Å². The minimum atomic E-state index is -0.791. The summed E-state index contributed by atoms with van der Waals surface area (Å²) in [4.78, 5) is 12.8. The van der Waals surface area contributed by atoms with Crippen LogP contribution in [0.5, 0.6) is 0 Å². The van der Waals surface area contributed by atoms with Gasteiger partial charge in [-0.1, -0.05) is 60.7 Å². The summed E-state index contributed by atoms with van der Waals surface area (Å²) in [5, 5.41) is 0. The Balaban J connectivity index is 1.39. The van der Waals surface area contributed by atoms with Crippen molar-refractivity contribution in [1.29, 1.82) is 0 Å². The van der Waals surface area contributed by atoms with Crippen LogP contribution in [0.15, 0.2) is 60.7 Å². The molecule has 0 aliphatic carbocycles. The Labute approximate surface area is 170 Å². The van der Waals surface area contributed by atoms with Gasteiger partial charge in [0.25, 0.3) is 0 Å². The SMILES string of the molecule is CC1(C)O[C@@H]2O[C@@H](C(=O)COCc3ccccc3)[C@H](OCc3ccccc3)[C@H]2O1. The molecule has 6 nitrogen and oxygen atoms in total. The third kappa shape index (κ3) is 4.91. The molecule has 0 radical (unpaired) electrons. The summed E-state index contributed by atoms with van der Waals surface area (Å²) in [5.74, 6) is -0.958. The van der Waals surface area contributed by atoms with Crippen molar-refractivity contribution in [1.82, 2.24) is 0 Å². The molecule has 2 aliphatic heterocycles. The lowest BCUT2D eigenvalue weighted by molar-refractivity contribution is -0.219. The van der Waals surface area contributed by atoms with Crippen LogP contribution in [0.4, 0.5) is 0 Å². The standard InChI is InChI=1S/C23H26O6/c1-23(2)28-21-20(26-14-17-11-7-4-8-12-17)19(27-22(21)29-23)18(24)15-25-13-16-9-5-3-6-10-16/h3-12,19-22H,13-15H2,1-2H3/t19-,20-,21+,22-/m0/s1. The molecule has 4 atom stereocenters. The molecule has 0 aromatic heterocycles. The maximum Gasteiger partial charge on any atom is 0.190 e. The number of hydrogen-bond donors (Lipinski definition) is 0. The van der Waals surface area contributed by atoms with Crippen LogP contribution in [0.25, 0.3) is 0 Å². The number of ether oxygens (including phenoxy) is 5. The van der Waals surface area contributed by atoms with Crippen LogP contribution < -0.4 is 0 Å². The van der Waals surface area contributed by atoms with Crippen LogP contribution in [0.3, 0.4) is 0 Å². The molecule has 154 valence electrons. The van der Waals surface area contributed by atoms with E-state index in [1.807, 2.05) is 74.5 Å². The second-order valence-corrected chi connectivity index (χ2v) is 7.73. The van der Waals surface area contributed by atoms with Crippen molar-refractivity contribution in [2.45, 2.75) is 57.5 Å². The first kappa shape index (κ1) is 20.2. The second kappa shape index (κ2) is 8.73. The number of benzene rings is 2. The zero-order valence-electron chi connectivity index (χ0n) is 16.7. The molecule has 0 bridgehead atoms. The number of carbonyl (C=O) groups excluding carboxylic acids is 1. The third-order valence-electron chi connectivity index (χ3n) is 4.95. The van der Waals surface area contributed by atoms with Crippen molar-refractivity contribution in [3.8, 4) is 0 Å². The van der Waals surface area contributed by atoms with Crippen molar-refractivity contribution in [2.75, 3.05) is 6.61 Å². The Hall–Kier alpha value is -2.09. The van der Waals surface area contributed by atoms with Gasteiger partial charge in [0.05, 0.1) is 13.2 Å². The Bertz CT molecular complexity index is 807. The highest BCUT2D eigenvalue weighted by molar-refractivity contribution is 5.85. The fraction of sp³-hybridized carbons (Fsp3) is 0.435. The predicted molar refractivity (Wildman–Crippen MR) is 105 cm³/mol. The zero-order chi connectivity index (χ0) is 20.3. The van der Waals surface area contributed by atoms with Gasteiger partial charge in [0, 0.05) is 0 Å². The summed E-state index contributed by atoms with van der Waals surface area (Å²) >= 11 is 0. The normalized spacial score (nSPS) is 27.7. The fourth-order valence-corrected chi connectivity index (χ4v) is 3.61. The van der Waals surface area contributed by atoms with Crippen molar-refractivity contribution in [3.05, 3.63) is 71.8 Å². The number of rotatable bonds is 8.